The van der Waals surface area contributed by atoms with Crippen molar-refractivity contribution in [3.63, 3.8) is 0 Å². The molecule has 1 amide bonds. The Kier molecular flexibility index (Phi) is 5.64. The van der Waals surface area contributed by atoms with E-state index in [1.165, 1.54) is 24.8 Å². The molecule has 3 aliphatic rings. The minimum Gasteiger partial charge on any atom is -0.444 e. The van der Waals surface area contributed by atoms with Crippen molar-refractivity contribution in [3.8, 4) is 0 Å². The Labute approximate surface area is 175 Å². The number of aliphatic hydroxyl groups excluding tert-OH is 1. The van der Waals surface area contributed by atoms with Crippen molar-refractivity contribution in [2.24, 2.45) is 0 Å². The zero-order valence-corrected chi connectivity index (χ0v) is 18.2. The Morgan fingerprint density at radius 1 is 1.14 bits per heavy atom. The Morgan fingerprint density at radius 2 is 1.86 bits per heavy atom. The fraction of sp³-hybridized carbons (Fsp3) is 0.708. The molecule has 0 aromatic heterocycles. The summed E-state index contributed by atoms with van der Waals surface area (Å²) in [6, 6.07) is 8.99. The maximum absolute atomic E-state index is 12.5. The number of piperidine rings is 2. The summed E-state index contributed by atoms with van der Waals surface area (Å²) in [5, 5.41) is 10.7. The number of ether oxygens (including phenoxy) is 1. The molecule has 1 N–H and O–H groups in total. The minimum atomic E-state index is -0.492. The Morgan fingerprint density at radius 3 is 2.59 bits per heavy atom. The van der Waals surface area contributed by atoms with Crippen molar-refractivity contribution < 1.29 is 14.6 Å². The van der Waals surface area contributed by atoms with Crippen molar-refractivity contribution in [1.29, 1.82) is 0 Å². The quantitative estimate of drug-likeness (QED) is 0.781. The van der Waals surface area contributed by atoms with Crippen LogP contribution >= 0.6 is 0 Å². The average molecular weight is 401 g/mol. The number of fused-ring (bicyclic) bond motifs is 2. The number of carbonyl (C=O) groups is 1. The molecule has 29 heavy (non-hydrogen) atoms. The van der Waals surface area contributed by atoms with Gasteiger partial charge >= 0.3 is 6.09 Å². The minimum absolute atomic E-state index is 0.00690. The van der Waals surface area contributed by atoms with Gasteiger partial charge in [-0.2, -0.15) is 0 Å². The normalized spacial score (nSPS) is 27.5. The molecule has 2 saturated heterocycles. The number of rotatable bonds is 1. The molecule has 1 aromatic carbocycles. The number of amides is 1. The van der Waals surface area contributed by atoms with Gasteiger partial charge in [-0.15, -0.1) is 0 Å². The number of carbonyl (C=O) groups excluding carboxylic acids is 1. The van der Waals surface area contributed by atoms with Crippen LogP contribution in [0.2, 0.25) is 0 Å². The molecule has 160 valence electrons. The van der Waals surface area contributed by atoms with Gasteiger partial charge in [-0.25, -0.2) is 4.79 Å². The van der Waals surface area contributed by atoms with E-state index in [2.05, 4.69) is 29.2 Å². The van der Waals surface area contributed by atoms with Crippen LogP contribution in [-0.4, -0.2) is 64.9 Å². The van der Waals surface area contributed by atoms with Crippen molar-refractivity contribution in [3.05, 3.63) is 35.4 Å². The molecule has 0 saturated carbocycles. The molecular weight excluding hydrogens is 364 g/mol. The van der Waals surface area contributed by atoms with Crippen LogP contribution in [0.3, 0.4) is 0 Å². The highest BCUT2D eigenvalue weighted by atomic mass is 16.6. The van der Waals surface area contributed by atoms with E-state index in [0.717, 1.165) is 25.9 Å². The lowest BCUT2D eigenvalue weighted by molar-refractivity contribution is -0.0377. The number of nitrogens with zero attached hydrogens (tertiary/aromatic N) is 2. The predicted molar refractivity (Wildman–Crippen MR) is 114 cm³/mol. The van der Waals surface area contributed by atoms with Crippen molar-refractivity contribution >= 4 is 6.09 Å². The highest BCUT2D eigenvalue weighted by Gasteiger charge is 2.43. The van der Waals surface area contributed by atoms with Crippen LogP contribution in [0.5, 0.6) is 0 Å². The Balaban J connectivity index is 1.42. The topological polar surface area (TPSA) is 53.0 Å². The van der Waals surface area contributed by atoms with E-state index in [9.17, 15) is 9.90 Å². The summed E-state index contributed by atoms with van der Waals surface area (Å²) < 4.78 is 5.56. The molecule has 5 nitrogen and oxygen atoms in total. The summed E-state index contributed by atoms with van der Waals surface area (Å²) in [4.78, 5) is 16.7. The van der Waals surface area contributed by atoms with Crippen LogP contribution in [0.25, 0.3) is 0 Å². The third-order valence-corrected chi connectivity index (χ3v) is 7.11. The SMILES string of the molecule is CC(C)(C)OC(=O)N1CCC(O)C(N2CCC3(CCCc4ccccc43)CC2)C1. The largest absolute Gasteiger partial charge is 0.444 e. The third-order valence-electron chi connectivity index (χ3n) is 7.11. The number of aryl methyl sites for hydroxylation is 1. The van der Waals surface area contributed by atoms with Crippen LogP contribution in [0, 0.1) is 0 Å². The van der Waals surface area contributed by atoms with Crippen LogP contribution in [-0.2, 0) is 16.6 Å². The lowest BCUT2D eigenvalue weighted by Gasteiger charge is -2.49. The highest BCUT2D eigenvalue weighted by Crippen LogP contribution is 2.45. The van der Waals surface area contributed by atoms with Gasteiger partial charge in [0.05, 0.1) is 12.1 Å². The molecule has 0 radical (unpaired) electrons. The monoisotopic (exact) mass is 400 g/mol. The molecule has 1 aromatic rings. The van der Waals surface area contributed by atoms with Gasteiger partial charge in [0.15, 0.2) is 0 Å². The summed E-state index contributed by atoms with van der Waals surface area (Å²) in [7, 11) is 0. The van der Waals surface area contributed by atoms with Crippen molar-refractivity contribution in [1.82, 2.24) is 9.80 Å². The molecule has 1 spiro atoms. The van der Waals surface area contributed by atoms with Gasteiger partial charge < -0.3 is 14.7 Å². The summed E-state index contributed by atoms with van der Waals surface area (Å²) in [6.45, 7) is 8.78. The van der Waals surface area contributed by atoms with E-state index >= 15 is 0 Å². The van der Waals surface area contributed by atoms with E-state index in [4.69, 9.17) is 4.74 Å². The van der Waals surface area contributed by atoms with Gasteiger partial charge in [-0.3, -0.25) is 4.90 Å². The number of hydrogen-bond acceptors (Lipinski definition) is 4. The van der Waals surface area contributed by atoms with Crippen LogP contribution < -0.4 is 0 Å². The molecule has 2 heterocycles. The number of likely N-dealkylation sites (tertiary alicyclic amines) is 2. The first kappa shape index (κ1) is 20.7. The standard InChI is InChI=1S/C24H36N2O3/c1-23(2,3)29-22(28)26-14-10-21(27)20(17-26)25-15-12-24(13-16-25)11-6-8-18-7-4-5-9-19(18)24/h4-5,7,9,20-21,27H,6,8,10-17H2,1-3H3. The van der Waals surface area contributed by atoms with E-state index < -0.39 is 5.60 Å². The van der Waals surface area contributed by atoms with E-state index in [-0.39, 0.29) is 18.2 Å². The first-order chi connectivity index (χ1) is 13.8. The number of aliphatic hydroxyl groups is 1. The van der Waals surface area contributed by atoms with Crippen LogP contribution in [0.15, 0.2) is 24.3 Å². The zero-order chi connectivity index (χ0) is 20.6. The summed E-state index contributed by atoms with van der Waals surface area (Å²) in [6.07, 6.45) is 6.01. The van der Waals surface area contributed by atoms with E-state index in [1.54, 1.807) is 10.5 Å². The summed E-state index contributed by atoms with van der Waals surface area (Å²) in [5.74, 6) is 0. The second-order valence-electron chi connectivity index (χ2n) is 10.2. The fourth-order valence-electron chi connectivity index (χ4n) is 5.58. The molecule has 5 heteroatoms. The number of benzene rings is 1. The summed E-state index contributed by atoms with van der Waals surface area (Å²) >= 11 is 0. The fourth-order valence-corrected chi connectivity index (χ4v) is 5.58. The molecule has 2 unspecified atom stereocenters. The predicted octanol–water partition coefficient (Wildman–Crippen LogP) is 3.73. The van der Waals surface area contributed by atoms with Gasteiger partial charge in [0.2, 0.25) is 0 Å². The molecule has 2 fully saturated rings. The molecule has 0 bridgehead atoms. The highest BCUT2D eigenvalue weighted by molar-refractivity contribution is 5.68. The zero-order valence-electron chi connectivity index (χ0n) is 18.2. The van der Waals surface area contributed by atoms with Gasteiger partial charge in [-0.05, 0) is 88.9 Å². The molecule has 2 aliphatic heterocycles. The molecular formula is C24H36N2O3. The summed E-state index contributed by atoms with van der Waals surface area (Å²) in [5.41, 5.74) is 2.90. The second-order valence-corrected chi connectivity index (χ2v) is 10.2. The first-order valence-electron chi connectivity index (χ1n) is 11.3. The van der Waals surface area contributed by atoms with Gasteiger partial charge in [0, 0.05) is 13.1 Å². The number of hydrogen-bond donors (Lipinski definition) is 1. The van der Waals surface area contributed by atoms with Gasteiger partial charge in [0.1, 0.15) is 5.60 Å². The maximum Gasteiger partial charge on any atom is 0.410 e. The Hall–Kier alpha value is -1.59. The third kappa shape index (κ3) is 4.31. The van der Waals surface area contributed by atoms with Crippen molar-refractivity contribution in [2.45, 2.75) is 82.5 Å². The van der Waals surface area contributed by atoms with Gasteiger partial charge in [0.25, 0.3) is 0 Å². The van der Waals surface area contributed by atoms with E-state index in [0.29, 0.717) is 24.9 Å². The second kappa shape index (κ2) is 7.92. The lowest BCUT2D eigenvalue weighted by Crippen LogP contribution is -2.59. The van der Waals surface area contributed by atoms with Crippen LogP contribution in [0.1, 0.15) is 64.0 Å². The van der Waals surface area contributed by atoms with Gasteiger partial charge in [-0.1, -0.05) is 24.3 Å². The molecule has 1 aliphatic carbocycles. The smallest absolute Gasteiger partial charge is 0.410 e. The van der Waals surface area contributed by atoms with E-state index in [1.807, 2.05) is 20.8 Å². The Bertz CT molecular complexity index is 734. The first-order valence-corrected chi connectivity index (χ1v) is 11.3. The van der Waals surface area contributed by atoms with Crippen molar-refractivity contribution in [2.75, 3.05) is 26.2 Å². The van der Waals surface area contributed by atoms with Crippen LogP contribution in [0.4, 0.5) is 4.79 Å². The lowest BCUT2D eigenvalue weighted by atomic mass is 9.64. The maximum atomic E-state index is 12.5. The molecule has 4 rings (SSSR count). The molecule has 2 atom stereocenters. The average Bonchev–Trinajstić information content (AvgIpc) is 2.68.